The second-order valence-corrected chi connectivity index (χ2v) is 6.95. The van der Waals surface area contributed by atoms with Crippen LogP contribution in [0.5, 0.6) is 0 Å². The summed E-state index contributed by atoms with van der Waals surface area (Å²) in [5, 5.41) is 9.65. The van der Waals surface area contributed by atoms with E-state index in [1.165, 1.54) is 0 Å². The highest BCUT2D eigenvalue weighted by Gasteiger charge is 2.15. The van der Waals surface area contributed by atoms with Gasteiger partial charge in [-0.05, 0) is 36.4 Å². The topological polar surface area (TPSA) is 96.0 Å². The van der Waals surface area contributed by atoms with Crippen molar-refractivity contribution >= 4 is 21.8 Å². The van der Waals surface area contributed by atoms with E-state index in [0.717, 1.165) is 55.8 Å². The van der Waals surface area contributed by atoms with E-state index in [1.54, 1.807) is 18.6 Å². The van der Waals surface area contributed by atoms with Crippen LogP contribution in [0.15, 0.2) is 79.5 Å². The monoisotopic (exact) mass is 389 g/mol. The van der Waals surface area contributed by atoms with Crippen LogP contribution >= 0.6 is 0 Å². The SMILES string of the molecule is c1ccc(-c2cc3c(-c4cc5c(-c6ccccn6)cncc5[nH]4)n[nH]c3cn2)nc1. The standard InChI is InChI=1S/C23H15N7/c1-3-7-25-17(5-1)16-11-24-12-21-14(16)9-20(28-21)23-15-10-19(18-6-2-4-8-26-18)27-13-22(15)29-30-23/h1-13,28H,(H,29,30). The highest BCUT2D eigenvalue weighted by molar-refractivity contribution is 6.00. The largest absolute Gasteiger partial charge is 0.352 e. The number of pyridine rings is 4. The average molecular weight is 389 g/mol. The zero-order valence-electron chi connectivity index (χ0n) is 15.7. The van der Waals surface area contributed by atoms with Crippen LogP contribution < -0.4 is 0 Å². The fourth-order valence-corrected chi connectivity index (χ4v) is 3.68. The predicted octanol–water partition coefficient (Wildman–Crippen LogP) is 4.63. The third-order valence-electron chi connectivity index (χ3n) is 5.12. The highest BCUT2D eigenvalue weighted by atomic mass is 15.1. The molecule has 0 aliphatic rings. The summed E-state index contributed by atoms with van der Waals surface area (Å²) in [6.07, 6.45) is 9.00. The quantitative estimate of drug-likeness (QED) is 0.460. The molecule has 0 bridgehead atoms. The van der Waals surface area contributed by atoms with Gasteiger partial charge in [-0.1, -0.05) is 12.1 Å². The Hall–Kier alpha value is -4.39. The van der Waals surface area contributed by atoms with E-state index in [4.69, 9.17) is 0 Å². The first-order valence-electron chi connectivity index (χ1n) is 9.51. The van der Waals surface area contributed by atoms with E-state index in [9.17, 15) is 0 Å². The van der Waals surface area contributed by atoms with E-state index in [0.29, 0.717) is 0 Å². The van der Waals surface area contributed by atoms with E-state index in [-0.39, 0.29) is 0 Å². The van der Waals surface area contributed by atoms with Crippen LogP contribution in [-0.4, -0.2) is 35.1 Å². The third-order valence-corrected chi connectivity index (χ3v) is 5.12. The molecule has 7 heteroatoms. The lowest BCUT2D eigenvalue weighted by molar-refractivity contribution is 1.11. The van der Waals surface area contributed by atoms with Gasteiger partial charge in [-0.25, -0.2) is 0 Å². The van der Waals surface area contributed by atoms with Crippen molar-refractivity contribution in [3.05, 3.63) is 79.5 Å². The number of aromatic amines is 2. The van der Waals surface area contributed by atoms with Crippen LogP contribution in [0.2, 0.25) is 0 Å². The molecule has 6 heterocycles. The molecule has 0 saturated carbocycles. The second kappa shape index (κ2) is 6.59. The maximum absolute atomic E-state index is 4.55. The minimum absolute atomic E-state index is 0.803. The van der Waals surface area contributed by atoms with Gasteiger partial charge < -0.3 is 4.98 Å². The molecule has 0 aliphatic heterocycles. The number of hydrogen-bond donors (Lipinski definition) is 2. The highest BCUT2D eigenvalue weighted by Crippen LogP contribution is 2.33. The number of nitrogens with zero attached hydrogens (tertiary/aromatic N) is 5. The Bertz CT molecular complexity index is 1480. The van der Waals surface area contributed by atoms with Gasteiger partial charge in [0.05, 0.1) is 46.2 Å². The van der Waals surface area contributed by atoms with Gasteiger partial charge in [0.2, 0.25) is 0 Å². The van der Waals surface area contributed by atoms with Crippen LogP contribution in [-0.2, 0) is 0 Å². The van der Waals surface area contributed by atoms with Gasteiger partial charge in [-0.3, -0.25) is 25.0 Å². The van der Waals surface area contributed by atoms with Crippen LogP contribution in [0.3, 0.4) is 0 Å². The van der Waals surface area contributed by atoms with Crippen LogP contribution in [0, 0.1) is 0 Å². The van der Waals surface area contributed by atoms with Crippen molar-refractivity contribution < 1.29 is 0 Å². The maximum Gasteiger partial charge on any atom is 0.116 e. The summed E-state index contributed by atoms with van der Waals surface area (Å²) in [6, 6.07) is 15.8. The molecule has 0 unspecified atom stereocenters. The normalized spacial score (nSPS) is 11.3. The molecule has 0 radical (unpaired) electrons. The zero-order valence-corrected chi connectivity index (χ0v) is 15.7. The van der Waals surface area contributed by atoms with Crippen LogP contribution in [0.1, 0.15) is 0 Å². The number of aromatic nitrogens is 7. The van der Waals surface area contributed by atoms with Crippen molar-refractivity contribution in [1.29, 1.82) is 0 Å². The Morgan fingerprint density at radius 2 is 1.50 bits per heavy atom. The molecule has 142 valence electrons. The molecule has 6 rings (SSSR count). The van der Waals surface area contributed by atoms with Gasteiger partial charge in [-0.15, -0.1) is 0 Å². The summed E-state index contributed by atoms with van der Waals surface area (Å²) in [7, 11) is 0. The average Bonchev–Trinajstić information content (AvgIpc) is 3.43. The molecule has 0 spiro atoms. The van der Waals surface area contributed by atoms with Crippen molar-refractivity contribution in [2.75, 3.05) is 0 Å². The molecule has 0 amide bonds. The molecule has 0 fully saturated rings. The number of fused-ring (bicyclic) bond motifs is 2. The zero-order chi connectivity index (χ0) is 19.9. The van der Waals surface area contributed by atoms with Crippen LogP contribution in [0.25, 0.3) is 55.8 Å². The Kier molecular flexibility index (Phi) is 3.64. The number of hydrogen-bond acceptors (Lipinski definition) is 5. The molecule has 7 nitrogen and oxygen atoms in total. The summed E-state index contributed by atoms with van der Waals surface area (Å²) in [5.74, 6) is 0. The van der Waals surface area contributed by atoms with E-state index < -0.39 is 0 Å². The van der Waals surface area contributed by atoms with Crippen molar-refractivity contribution in [2.45, 2.75) is 0 Å². The van der Waals surface area contributed by atoms with Crippen LogP contribution in [0.4, 0.5) is 0 Å². The first-order chi connectivity index (χ1) is 14.9. The molecule has 30 heavy (non-hydrogen) atoms. The van der Waals surface area contributed by atoms with E-state index >= 15 is 0 Å². The van der Waals surface area contributed by atoms with Crippen molar-refractivity contribution in [2.24, 2.45) is 0 Å². The van der Waals surface area contributed by atoms with Crippen molar-refractivity contribution in [1.82, 2.24) is 35.1 Å². The van der Waals surface area contributed by atoms with Gasteiger partial charge >= 0.3 is 0 Å². The summed E-state index contributed by atoms with van der Waals surface area (Å²) < 4.78 is 0. The van der Waals surface area contributed by atoms with Crippen molar-refractivity contribution in [3.8, 4) is 34.0 Å². The van der Waals surface area contributed by atoms with Gasteiger partial charge in [0.15, 0.2) is 0 Å². The minimum atomic E-state index is 0.803. The van der Waals surface area contributed by atoms with Gasteiger partial charge in [0, 0.05) is 34.9 Å². The smallest absolute Gasteiger partial charge is 0.116 e. The first-order valence-corrected chi connectivity index (χ1v) is 9.51. The Morgan fingerprint density at radius 3 is 2.30 bits per heavy atom. The van der Waals surface area contributed by atoms with Gasteiger partial charge in [0.25, 0.3) is 0 Å². The fraction of sp³-hybridized carbons (Fsp3) is 0. The molecule has 0 aromatic carbocycles. The molecule has 6 aromatic heterocycles. The van der Waals surface area contributed by atoms with Crippen molar-refractivity contribution in [3.63, 3.8) is 0 Å². The van der Waals surface area contributed by atoms with E-state index in [1.807, 2.05) is 54.9 Å². The summed E-state index contributed by atoms with van der Waals surface area (Å²) in [5.41, 5.74) is 7.02. The number of nitrogens with one attached hydrogen (secondary N) is 2. The van der Waals surface area contributed by atoms with E-state index in [2.05, 4.69) is 41.2 Å². The number of rotatable bonds is 3. The van der Waals surface area contributed by atoms with Gasteiger partial charge in [0.1, 0.15) is 5.69 Å². The molecule has 0 saturated heterocycles. The summed E-state index contributed by atoms with van der Waals surface area (Å²) in [6.45, 7) is 0. The van der Waals surface area contributed by atoms with Gasteiger partial charge in [-0.2, -0.15) is 5.10 Å². The minimum Gasteiger partial charge on any atom is -0.352 e. The third kappa shape index (κ3) is 2.64. The molecular formula is C23H15N7. The molecule has 0 atom stereocenters. The Morgan fingerprint density at radius 1 is 0.667 bits per heavy atom. The molecule has 2 N–H and O–H groups in total. The molecular weight excluding hydrogens is 374 g/mol. The fourth-order valence-electron chi connectivity index (χ4n) is 3.68. The predicted molar refractivity (Wildman–Crippen MR) is 115 cm³/mol. The Balaban J connectivity index is 1.52. The lowest BCUT2D eigenvalue weighted by Crippen LogP contribution is -1.86. The number of H-pyrrole nitrogens is 2. The Labute approximate surface area is 170 Å². The summed E-state index contributed by atoms with van der Waals surface area (Å²) in [4.78, 5) is 21.2. The lowest BCUT2D eigenvalue weighted by Gasteiger charge is -2.00. The summed E-state index contributed by atoms with van der Waals surface area (Å²) >= 11 is 0. The molecule has 6 aromatic rings. The lowest BCUT2D eigenvalue weighted by atomic mass is 10.1. The second-order valence-electron chi connectivity index (χ2n) is 6.95. The first kappa shape index (κ1) is 16.6. The maximum atomic E-state index is 4.55. The molecule has 0 aliphatic carbocycles.